The van der Waals surface area contributed by atoms with Gasteiger partial charge in [-0.25, -0.2) is 5.43 Å². The van der Waals surface area contributed by atoms with Gasteiger partial charge in [0.25, 0.3) is 5.91 Å². The van der Waals surface area contributed by atoms with Gasteiger partial charge < -0.3 is 4.74 Å². The number of hydrogen-bond acceptors (Lipinski definition) is 3. The largest absolute Gasteiger partial charge is 0.483 e. The number of hydrogen-bond donors (Lipinski definition) is 1. The van der Waals surface area contributed by atoms with E-state index in [2.05, 4.69) is 10.5 Å². The van der Waals surface area contributed by atoms with E-state index in [-0.39, 0.29) is 12.5 Å². The van der Waals surface area contributed by atoms with Crippen LogP contribution in [0.25, 0.3) is 6.08 Å². The predicted octanol–water partition coefficient (Wildman–Crippen LogP) is 3.89. The minimum absolute atomic E-state index is 0.0664. The third-order valence-corrected chi connectivity index (χ3v) is 3.57. The van der Waals surface area contributed by atoms with Crippen molar-refractivity contribution in [1.82, 2.24) is 5.43 Å². The van der Waals surface area contributed by atoms with E-state index in [1.54, 1.807) is 6.21 Å². The summed E-state index contributed by atoms with van der Waals surface area (Å²) in [6, 6.07) is 15.7. The molecule has 1 amide bonds. The Balaban J connectivity index is 1.82. The minimum Gasteiger partial charge on any atom is -0.483 e. The number of allylic oxidation sites excluding steroid dienone is 1. The quantitative estimate of drug-likeness (QED) is 0.648. The van der Waals surface area contributed by atoms with Crippen LogP contribution in [-0.4, -0.2) is 18.7 Å². The highest BCUT2D eigenvalue weighted by molar-refractivity contribution is 5.86. The number of nitrogens with zero attached hydrogens (tertiary/aromatic N) is 1. The first-order valence-corrected chi connectivity index (χ1v) is 7.80. The Morgan fingerprint density at radius 2 is 1.88 bits per heavy atom. The van der Waals surface area contributed by atoms with Crippen LogP contribution in [0.4, 0.5) is 0 Å². The summed E-state index contributed by atoms with van der Waals surface area (Å²) < 4.78 is 5.53. The summed E-state index contributed by atoms with van der Waals surface area (Å²) in [5, 5.41) is 3.95. The van der Waals surface area contributed by atoms with E-state index in [1.807, 2.05) is 75.4 Å². The van der Waals surface area contributed by atoms with E-state index in [1.165, 1.54) is 0 Å². The zero-order chi connectivity index (χ0) is 17.4. The second kappa shape index (κ2) is 8.67. The van der Waals surface area contributed by atoms with Gasteiger partial charge >= 0.3 is 0 Å². The Labute approximate surface area is 142 Å². The van der Waals surface area contributed by atoms with Crippen LogP contribution < -0.4 is 10.2 Å². The number of rotatable bonds is 6. The second-order valence-electron chi connectivity index (χ2n) is 5.58. The fourth-order valence-electron chi connectivity index (χ4n) is 2.11. The molecular formula is C20H22N2O2. The SMILES string of the molecule is CC(C=NNC(=O)COc1cccc(C)c1C)=Cc1ccccc1. The number of carbonyl (C=O) groups excluding carboxylic acids is 1. The maximum Gasteiger partial charge on any atom is 0.277 e. The highest BCUT2D eigenvalue weighted by Crippen LogP contribution is 2.20. The first-order chi connectivity index (χ1) is 11.6. The highest BCUT2D eigenvalue weighted by atomic mass is 16.5. The van der Waals surface area contributed by atoms with Crippen LogP contribution in [0, 0.1) is 13.8 Å². The van der Waals surface area contributed by atoms with Gasteiger partial charge in [0.15, 0.2) is 6.61 Å². The Morgan fingerprint density at radius 1 is 1.12 bits per heavy atom. The van der Waals surface area contributed by atoms with Gasteiger partial charge in [0.2, 0.25) is 0 Å². The smallest absolute Gasteiger partial charge is 0.277 e. The Hall–Kier alpha value is -2.88. The summed E-state index contributed by atoms with van der Waals surface area (Å²) in [6.45, 7) is 5.84. The van der Waals surface area contributed by atoms with E-state index in [0.717, 1.165) is 22.3 Å². The lowest BCUT2D eigenvalue weighted by Crippen LogP contribution is -2.24. The fraction of sp³-hybridized carbons (Fsp3) is 0.200. The molecule has 0 aliphatic heterocycles. The maximum absolute atomic E-state index is 11.8. The van der Waals surface area contributed by atoms with Crippen LogP contribution in [0.2, 0.25) is 0 Å². The Bertz CT molecular complexity index is 749. The van der Waals surface area contributed by atoms with Gasteiger partial charge in [-0.15, -0.1) is 0 Å². The van der Waals surface area contributed by atoms with Crippen LogP contribution in [-0.2, 0) is 4.79 Å². The van der Waals surface area contributed by atoms with Gasteiger partial charge in [-0.2, -0.15) is 5.10 Å². The van der Waals surface area contributed by atoms with Crippen molar-refractivity contribution in [3.8, 4) is 5.75 Å². The van der Waals surface area contributed by atoms with E-state index < -0.39 is 0 Å². The van der Waals surface area contributed by atoms with Gasteiger partial charge in [-0.1, -0.05) is 48.5 Å². The summed E-state index contributed by atoms with van der Waals surface area (Å²) in [6.07, 6.45) is 3.60. The average Bonchev–Trinajstić information content (AvgIpc) is 2.57. The standard InChI is InChI=1S/C20H22N2O2/c1-15(12-18-9-5-4-6-10-18)13-21-22-20(23)14-24-19-11-7-8-16(2)17(19)3/h4-13H,14H2,1-3H3,(H,22,23). The summed E-state index contributed by atoms with van der Waals surface area (Å²) >= 11 is 0. The molecule has 4 heteroatoms. The van der Waals surface area contributed by atoms with Crippen molar-refractivity contribution in [2.45, 2.75) is 20.8 Å². The Kier molecular flexibility index (Phi) is 6.32. The van der Waals surface area contributed by atoms with Crippen molar-refractivity contribution in [3.05, 3.63) is 70.8 Å². The molecule has 2 aromatic carbocycles. The number of nitrogens with one attached hydrogen (secondary N) is 1. The maximum atomic E-state index is 11.8. The molecule has 2 aromatic rings. The third-order valence-electron chi connectivity index (χ3n) is 3.57. The van der Waals surface area contributed by atoms with Gasteiger partial charge in [0.1, 0.15) is 5.75 Å². The lowest BCUT2D eigenvalue weighted by atomic mass is 10.1. The van der Waals surface area contributed by atoms with E-state index >= 15 is 0 Å². The van der Waals surface area contributed by atoms with Crippen molar-refractivity contribution in [3.63, 3.8) is 0 Å². The van der Waals surface area contributed by atoms with Gasteiger partial charge in [-0.05, 0) is 49.1 Å². The van der Waals surface area contributed by atoms with E-state index in [0.29, 0.717) is 5.75 Å². The molecule has 1 N–H and O–H groups in total. The molecule has 0 radical (unpaired) electrons. The first-order valence-electron chi connectivity index (χ1n) is 7.80. The topological polar surface area (TPSA) is 50.7 Å². The predicted molar refractivity (Wildman–Crippen MR) is 98.1 cm³/mol. The van der Waals surface area contributed by atoms with E-state index in [4.69, 9.17) is 4.74 Å². The summed E-state index contributed by atoms with van der Waals surface area (Å²) in [5.41, 5.74) is 6.67. The molecule has 124 valence electrons. The average molecular weight is 322 g/mol. The third kappa shape index (κ3) is 5.39. The van der Waals surface area contributed by atoms with Gasteiger partial charge in [0, 0.05) is 0 Å². The molecule has 2 rings (SSSR count). The van der Waals surface area contributed by atoms with Crippen molar-refractivity contribution >= 4 is 18.2 Å². The first kappa shape index (κ1) is 17.5. The summed E-state index contributed by atoms with van der Waals surface area (Å²) in [7, 11) is 0. The van der Waals surface area contributed by atoms with Crippen LogP contribution >= 0.6 is 0 Å². The van der Waals surface area contributed by atoms with Crippen molar-refractivity contribution in [2.24, 2.45) is 5.10 Å². The molecule has 0 bridgehead atoms. The van der Waals surface area contributed by atoms with Crippen LogP contribution in [0.15, 0.2) is 59.2 Å². The monoisotopic (exact) mass is 322 g/mol. The number of ether oxygens (including phenoxy) is 1. The van der Waals surface area contributed by atoms with Crippen LogP contribution in [0.3, 0.4) is 0 Å². The molecule has 0 aliphatic carbocycles. The minimum atomic E-state index is -0.292. The highest BCUT2D eigenvalue weighted by Gasteiger charge is 2.05. The number of benzene rings is 2. The summed E-state index contributed by atoms with van der Waals surface area (Å²) in [5.74, 6) is 0.425. The molecule has 0 fully saturated rings. The van der Waals surface area contributed by atoms with E-state index in [9.17, 15) is 4.79 Å². The molecular weight excluding hydrogens is 300 g/mol. The van der Waals surface area contributed by atoms with Crippen LogP contribution in [0.5, 0.6) is 5.75 Å². The number of carbonyl (C=O) groups is 1. The lowest BCUT2D eigenvalue weighted by Gasteiger charge is -2.09. The van der Waals surface area contributed by atoms with Crippen molar-refractivity contribution < 1.29 is 9.53 Å². The van der Waals surface area contributed by atoms with Gasteiger partial charge in [0.05, 0.1) is 6.21 Å². The normalized spacial score (nSPS) is 11.5. The molecule has 4 nitrogen and oxygen atoms in total. The van der Waals surface area contributed by atoms with Crippen LogP contribution in [0.1, 0.15) is 23.6 Å². The fourth-order valence-corrected chi connectivity index (χ4v) is 2.11. The molecule has 0 heterocycles. The van der Waals surface area contributed by atoms with Crippen molar-refractivity contribution in [2.75, 3.05) is 6.61 Å². The molecule has 24 heavy (non-hydrogen) atoms. The molecule has 0 aromatic heterocycles. The summed E-state index contributed by atoms with van der Waals surface area (Å²) in [4.78, 5) is 11.8. The number of hydrazone groups is 1. The molecule has 0 saturated carbocycles. The molecule has 0 atom stereocenters. The van der Waals surface area contributed by atoms with Crippen molar-refractivity contribution in [1.29, 1.82) is 0 Å². The Morgan fingerprint density at radius 3 is 2.62 bits per heavy atom. The second-order valence-corrected chi connectivity index (χ2v) is 5.58. The lowest BCUT2D eigenvalue weighted by molar-refractivity contribution is -0.123. The zero-order valence-corrected chi connectivity index (χ0v) is 14.2. The van der Waals surface area contributed by atoms with Gasteiger partial charge in [-0.3, -0.25) is 4.79 Å². The number of amides is 1. The molecule has 0 spiro atoms. The molecule has 0 unspecified atom stereocenters. The molecule has 0 saturated heterocycles. The number of aryl methyl sites for hydroxylation is 1. The molecule has 0 aliphatic rings. The zero-order valence-electron chi connectivity index (χ0n) is 14.2.